The summed E-state index contributed by atoms with van der Waals surface area (Å²) in [5.74, 6) is -2.93. The summed E-state index contributed by atoms with van der Waals surface area (Å²) in [6.07, 6.45) is 0.317. The van der Waals surface area contributed by atoms with Gasteiger partial charge in [-0.15, -0.1) is 0 Å². The second kappa shape index (κ2) is 6.17. The molecule has 7 heteroatoms. The van der Waals surface area contributed by atoms with E-state index in [2.05, 4.69) is 0 Å². The minimum absolute atomic E-state index is 0.0889. The van der Waals surface area contributed by atoms with Crippen LogP contribution in [-0.4, -0.2) is 48.1 Å². The highest BCUT2D eigenvalue weighted by Crippen LogP contribution is 2.28. The van der Waals surface area contributed by atoms with Crippen molar-refractivity contribution in [2.45, 2.75) is 18.9 Å². The first-order valence-electron chi connectivity index (χ1n) is 6.59. The fraction of sp³-hybridized carbons (Fsp3) is 0.429. The normalized spacial score (nSPS) is 18.6. The molecule has 1 atom stereocenters. The molecule has 0 bridgehead atoms. The van der Waals surface area contributed by atoms with Gasteiger partial charge in [-0.2, -0.15) is 0 Å². The maximum atomic E-state index is 13.7. The Bertz CT molecular complexity index is 545. The summed E-state index contributed by atoms with van der Waals surface area (Å²) in [5.41, 5.74) is -0.336. The van der Waals surface area contributed by atoms with E-state index in [1.807, 2.05) is 0 Å². The monoisotopic (exact) mass is 298 g/mol. The van der Waals surface area contributed by atoms with Crippen LogP contribution < -0.4 is 4.90 Å². The van der Waals surface area contributed by atoms with Gasteiger partial charge in [0.05, 0.1) is 12.5 Å². The molecule has 1 saturated heterocycles. The van der Waals surface area contributed by atoms with Crippen molar-refractivity contribution < 1.29 is 23.5 Å². The van der Waals surface area contributed by atoms with Gasteiger partial charge in [-0.1, -0.05) is 6.07 Å². The van der Waals surface area contributed by atoms with Crippen molar-refractivity contribution in [3.63, 3.8) is 0 Å². The highest BCUT2D eigenvalue weighted by molar-refractivity contribution is 5.99. The van der Waals surface area contributed by atoms with Crippen LogP contribution in [0.2, 0.25) is 0 Å². The van der Waals surface area contributed by atoms with Crippen LogP contribution in [-0.2, 0) is 9.59 Å². The van der Waals surface area contributed by atoms with Gasteiger partial charge in [0, 0.05) is 13.1 Å². The van der Waals surface area contributed by atoms with Gasteiger partial charge < -0.3 is 10.0 Å². The maximum absolute atomic E-state index is 13.7. The summed E-state index contributed by atoms with van der Waals surface area (Å²) in [6, 6.07) is 2.90. The van der Waals surface area contributed by atoms with Crippen molar-refractivity contribution >= 4 is 17.6 Å². The minimum Gasteiger partial charge on any atom is -0.481 e. The Morgan fingerprint density at radius 3 is 2.62 bits per heavy atom. The lowest BCUT2D eigenvalue weighted by molar-refractivity contribution is -0.137. The number of carbonyl (C=O) groups is 2. The molecule has 1 unspecified atom stereocenters. The first-order valence-corrected chi connectivity index (χ1v) is 6.59. The summed E-state index contributed by atoms with van der Waals surface area (Å²) >= 11 is 0. The van der Waals surface area contributed by atoms with Crippen molar-refractivity contribution in [1.82, 2.24) is 4.90 Å². The fourth-order valence-corrected chi connectivity index (χ4v) is 2.47. The molecular formula is C14H16F2N2O3. The molecule has 1 aliphatic rings. The molecular weight excluding hydrogens is 282 g/mol. The van der Waals surface area contributed by atoms with Crippen LogP contribution in [0.1, 0.15) is 12.8 Å². The molecule has 1 N–H and O–H groups in total. The third-order valence-corrected chi connectivity index (χ3v) is 3.60. The Morgan fingerprint density at radius 1 is 1.43 bits per heavy atom. The Hall–Kier alpha value is -2.02. The number of rotatable bonds is 5. The van der Waals surface area contributed by atoms with E-state index in [1.165, 1.54) is 6.07 Å². The predicted molar refractivity (Wildman–Crippen MR) is 72.0 cm³/mol. The van der Waals surface area contributed by atoms with E-state index in [0.717, 1.165) is 17.0 Å². The van der Waals surface area contributed by atoms with Crippen molar-refractivity contribution in [3.05, 3.63) is 29.8 Å². The van der Waals surface area contributed by atoms with E-state index in [-0.39, 0.29) is 25.2 Å². The first-order chi connectivity index (χ1) is 9.91. The molecule has 0 saturated carbocycles. The van der Waals surface area contributed by atoms with Crippen molar-refractivity contribution in [3.8, 4) is 0 Å². The zero-order valence-corrected chi connectivity index (χ0v) is 11.6. The largest absolute Gasteiger partial charge is 0.481 e. The first kappa shape index (κ1) is 15.4. The summed E-state index contributed by atoms with van der Waals surface area (Å²) < 4.78 is 27.5. The van der Waals surface area contributed by atoms with E-state index in [4.69, 9.17) is 5.11 Å². The number of hydrogen-bond donors (Lipinski definition) is 1. The van der Waals surface area contributed by atoms with E-state index >= 15 is 0 Å². The average Bonchev–Trinajstić information content (AvgIpc) is 2.78. The zero-order chi connectivity index (χ0) is 15.6. The van der Waals surface area contributed by atoms with Gasteiger partial charge >= 0.3 is 5.97 Å². The van der Waals surface area contributed by atoms with E-state index in [9.17, 15) is 18.4 Å². The molecule has 114 valence electrons. The van der Waals surface area contributed by atoms with Crippen LogP contribution in [0.25, 0.3) is 0 Å². The number of aliphatic carboxylic acids is 1. The van der Waals surface area contributed by atoms with Gasteiger partial charge in [-0.05, 0) is 25.6 Å². The van der Waals surface area contributed by atoms with Gasteiger partial charge in [-0.3, -0.25) is 14.5 Å². The van der Waals surface area contributed by atoms with E-state index < -0.39 is 29.6 Å². The van der Waals surface area contributed by atoms with Gasteiger partial charge in [0.2, 0.25) is 5.91 Å². The number of hydrogen-bond acceptors (Lipinski definition) is 3. The minimum atomic E-state index is -0.954. The smallest absolute Gasteiger partial charge is 0.304 e. The molecule has 1 fully saturated rings. The number of nitrogens with zero attached hydrogens (tertiary/aromatic N) is 2. The zero-order valence-electron chi connectivity index (χ0n) is 11.6. The van der Waals surface area contributed by atoms with Crippen molar-refractivity contribution in [2.75, 3.05) is 25.0 Å². The third kappa shape index (κ3) is 3.18. The number of halogens is 2. The summed E-state index contributed by atoms with van der Waals surface area (Å²) in [6.45, 7) is 0.415. The summed E-state index contributed by atoms with van der Waals surface area (Å²) in [5, 5.41) is 8.65. The quantitative estimate of drug-likeness (QED) is 0.894. The van der Waals surface area contributed by atoms with Crippen LogP contribution in [0, 0.1) is 11.6 Å². The second-order valence-electron chi connectivity index (χ2n) is 4.99. The molecule has 21 heavy (non-hydrogen) atoms. The number of amides is 1. The van der Waals surface area contributed by atoms with Crippen LogP contribution in [0.3, 0.4) is 0 Å². The number of carbonyl (C=O) groups excluding carboxylic acids is 1. The lowest BCUT2D eigenvalue weighted by atomic mass is 10.2. The number of benzene rings is 1. The topological polar surface area (TPSA) is 60.9 Å². The Morgan fingerprint density at radius 2 is 2.05 bits per heavy atom. The number of anilines is 1. The fourth-order valence-electron chi connectivity index (χ4n) is 2.47. The number of carboxylic acid groups (broad SMARTS) is 1. The number of para-hydroxylation sites is 1. The van der Waals surface area contributed by atoms with Crippen molar-refractivity contribution in [2.24, 2.45) is 0 Å². The SMILES string of the molecule is CN(CCC(=O)O)C1CCN(c2c(F)cccc2F)C1=O. The van der Waals surface area contributed by atoms with Crippen LogP contribution in [0.4, 0.5) is 14.5 Å². The maximum Gasteiger partial charge on any atom is 0.304 e. The molecule has 0 aromatic heterocycles. The molecule has 2 rings (SSSR count). The number of carboxylic acids is 1. The summed E-state index contributed by atoms with van der Waals surface area (Å²) in [4.78, 5) is 25.6. The van der Waals surface area contributed by atoms with Crippen molar-refractivity contribution in [1.29, 1.82) is 0 Å². The predicted octanol–water partition coefficient (Wildman–Crippen LogP) is 1.48. The Balaban J connectivity index is 2.13. The molecule has 1 aliphatic heterocycles. The van der Waals surface area contributed by atoms with Crippen LogP contribution >= 0.6 is 0 Å². The van der Waals surface area contributed by atoms with Crippen LogP contribution in [0.5, 0.6) is 0 Å². The molecule has 1 aromatic rings. The summed E-state index contributed by atoms with van der Waals surface area (Å²) in [7, 11) is 1.63. The molecule has 5 nitrogen and oxygen atoms in total. The molecule has 0 spiro atoms. The Kier molecular flexibility index (Phi) is 4.52. The third-order valence-electron chi connectivity index (χ3n) is 3.60. The lowest BCUT2D eigenvalue weighted by Gasteiger charge is -2.23. The van der Waals surface area contributed by atoms with Gasteiger partial charge in [-0.25, -0.2) is 8.78 Å². The van der Waals surface area contributed by atoms with E-state index in [0.29, 0.717) is 6.42 Å². The van der Waals surface area contributed by atoms with Gasteiger partial charge in [0.25, 0.3) is 0 Å². The van der Waals surface area contributed by atoms with Gasteiger partial charge in [0.1, 0.15) is 17.3 Å². The lowest BCUT2D eigenvalue weighted by Crippen LogP contribution is -2.41. The highest BCUT2D eigenvalue weighted by Gasteiger charge is 2.37. The second-order valence-corrected chi connectivity index (χ2v) is 4.99. The van der Waals surface area contributed by atoms with Gasteiger partial charge in [0.15, 0.2) is 0 Å². The highest BCUT2D eigenvalue weighted by atomic mass is 19.1. The molecule has 1 heterocycles. The molecule has 1 aromatic carbocycles. The van der Waals surface area contributed by atoms with Crippen LogP contribution in [0.15, 0.2) is 18.2 Å². The Labute approximate surface area is 120 Å². The number of likely N-dealkylation sites (N-methyl/N-ethyl adjacent to an activating group) is 1. The molecule has 0 radical (unpaired) electrons. The molecule has 1 amide bonds. The molecule has 0 aliphatic carbocycles. The average molecular weight is 298 g/mol. The van der Waals surface area contributed by atoms with E-state index in [1.54, 1.807) is 11.9 Å². The standard InChI is InChI=1S/C14H16F2N2O3/c1-17(7-6-12(19)20)11-5-8-18(14(11)21)13-9(15)3-2-4-10(13)16/h2-4,11H,5-8H2,1H3,(H,19,20).